The molecule has 3 aromatic carbocycles. The van der Waals surface area contributed by atoms with E-state index in [0.717, 1.165) is 6.92 Å². The minimum absolute atomic E-state index is 0.147. The summed E-state index contributed by atoms with van der Waals surface area (Å²) in [6, 6.07) is 14.3. The van der Waals surface area contributed by atoms with E-state index in [1.54, 1.807) is 0 Å². The Hall–Kier alpha value is -6.79. The molecule has 1 atom stereocenters. The van der Waals surface area contributed by atoms with E-state index < -0.39 is 63.4 Å². The maximum absolute atomic E-state index is 12.9. The van der Waals surface area contributed by atoms with E-state index in [9.17, 15) is 49.5 Å². The first kappa shape index (κ1) is 37.7. The molecule has 0 heterocycles. The number of non-ortho nitro benzene ring substituents is 3. The number of nitrogens with zero attached hydrogens (tertiary/aromatic N) is 4. The van der Waals surface area contributed by atoms with Gasteiger partial charge in [0.1, 0.15) is 26.4 Å². The van der Waals surface area contributed by atoms with Crippen LogP contribution in [0.4, 0.5) is 17.1 Å². The van der Waals surface area contributed by atoms with Crippen molar-refractivity contribution in [1.29, 1.82) is 0 Å². The van der Waals surface area contributed by atoms with Crippen LogP contribution in [-0.2, 0) is 58.0 Å². The van der Waals surface area contributed by atoms with Crippen molar-refractivity contribution in [3.8, 4) is 0 Å². The fourth-order valence-corrected chi connectivity index (χ4v) is 3.87. The van der Waals surface area contributed by atoms with Crippen molar-refractivity contribution < 1.29 is 53.0 Å². The summed E-state index contributed by atoms with van der Waals surface area (Å²) in [5.41, 5.74) is 0.376. The van der Waals surface area contributed by atoms with Crippen LogP contribution in [0, 0.1) is 30.3 Å². The normalized spacial score (nSPS) is 11.4. The number of rotatable bonds is 18. The molecule has 0 aliphatic heterocycles. The standard InChI is InChI=1S/C31H29N5O14/c1-20(37)32-28(31(40)49-18-23-6-12-26(13-7-23)36(45)46)19-50-33-27(30(39)48-17-22-4-10-25(11-5-22)35(43)44)14-15-29(38)47-16-21-2-8-24(9-3-21)34(41)42/h2-13,28H,14-19H2,1H3,(H,32,37)/b33-27+/t28-/m0/s1. The Morgan fingerprint density at radius 2 is 1.08 bits per heavy atom. The minimum atomic E-state index is -1.40. The van der Waals surface area contributed by atoms with Crippen molar-refractivity contribution in [2.75, 3.05) is 6.61 Å². The Labute approximate surface area is 282 Å². The average molecular weight is 696 g/mol. The summed E-state index contributed by atoms with van der Waals surface area (Å²) in [5.74, 6) is -3.40. The smallest absolute Gasteiger partial charge is 0.356 e. The van der Waals surface area contributed by atoms with Crippen molar-refractivity contribution in [3.05, 3.63) is 120 Å². The number of ether oxygens (including phenoxy) is 3. The van der Waals surface area contributed by atoms with Gasteiger partial charge in [0.05, 0.1) is 21.2 Å². The molecule has 50 heavy (non-hydrogen) atoms. The summed E-state index contributed by atoms with van der Waals surface area (Å²) in [5, 5.41) is 38.6. The predicted octanol–water partition coefficient (Wildman–Crippen LogP) is 3.60. The highest BCUT2D eigenvalue weighted by molar-refractivity contribution is 6.36. The quantitative estimate of drug-likeness (QED) is 0.0656. The van der Waals surface area contributed by atoms with Crippen LogP contribution in [-0.4, -0.2) is 56.9 Å². The first-order valence-corrected chi connectivity index (χ1v) is 14.5. The first-order valence-electron chi connectivity index (χ1n) is 14.5. The molecule has 262 valence electrons. The van der Waals surface area contributed by atoms with E-state index in [1.165, 1.54) is 72.8 Å². The van der Waals surface area contributed by atoms with Gasteiger partial charge in [0.25, 0.3) is 17.1 Å². The van der Waals surface area contributed by atoms with Crippen LogP contribution in [0.3, 0.4) is 0 Å². The Bertz CT molecular complexity index is 1740. The second-order valence-corrected chi connectivity index (χ2v) is 10.2. The van der Waals surface area contributed by atoms with Crippen molar-refractivity contribution in [2.45, 2.75) is 45.6 Å². The summed E-state index contributed by atoms with van der Waals surface area (Å²) >= 11 is 0. The van der Waals surface area contributed by atoms with Gasteiger partial charge in [0, 0.05) is 49.7 Å². The van der Waals surface area contributed by atoms with Gasteiger partial charge in [-0.1, -0.05) is 5.16 Å². The Balaban J connectivity index is 1.65. The lowest BCUT2D eigenvalue weighted by Gasteiger charge is -2.16. The fraction of sp³-hybridized carbons (Fsp3) is 0.258. The van der Waals surface area contributed by atoms with Gasteiger partial charge in [0.2, 0.25) is 5.91 Å². The number of nitrogens with one attached hydrogen (secondary N) is 1. The molecule has 0 fully saturated rings. The molecular formula is C31H29N5O14. The SMILES string of the molecule is CC(=O)N[C@@H](CO/N=C(\CCC(=O)OCc1ccc([N+](=O)[O-])cc1)C(=O)OCc1ccc([N+](=O)[O-])cc1)C(=O)OCc1ccc([N+](=O)[O-])cc1. The number of nitro groups is 3. The van der Waals surface area contributed by atoms with Crippen LogP contribution >= 0.6 is 0 Å². The largest absolute Gasteiger partial charge is 0.461 e. The van der Waals surface area contributed by atoms with Crippen molar-refractivity contribution >= 4 is 46.6 Å². The van der Waals surface area contributed by atoms with Gasteiger partial charge in [-0.05, 0) is 53.1 Å². The van der Waals surface area contributed by atoms with E-state index in [1.807, 2.05) is 0 Å². The second kappa shape index (κ2) is 18.5. The van der Waals surface area contributed by atoms with E-state index in [2.05, 4.69) is 10.5 Å². The number of hydrogen-bond donors (Lipinski definition) is 1. The zero-order chi connectivity index (χ0) is 36.6. The van der Waals surface area contributed by atoms with Gasteiger partial charge in [-0.3, -0.25) is 39.9 Å². The second-order valence-electron chi connectivity index (χ2n) is 10.2. The zero-order valence-electron chi connectivity index (χ0n) is 26.3. The Morgan fingerprint density at radius 3 is 1.50 bits per heavy atom. The molecule has 1 amide bonds. The van der Waals surface area contributed by atoms with Gasteiger partial charge in [-0.15, -0.1) is 0 Å². The van der Waals surface area contributed by atoms with Crippen LogP contribution in [0.15, 0.2) is 78.0 Å². The highest BCUT2D eigenvalue weighted by Crippen LogP contribution is 2.15. The molecule has 0 aromatic heterocycles. The molecule has 1 N–H and O–H groups in total. The molecule has 3 rings (SSSR count). The molecule has 0 saturated heterocycles. The number of benzene rings is 3. The van der Waals surface area contributed by atoms with Crippen LogP contribution in [0.5, 0.6) is 0 Å². The number of carbonyl (C=O) groups is 4. The van der Waals surface area contributed by atoms with Crippen LogP contribution in [0.2, 0.25) is 0 Å². The van der Waals surface area contributed by atoms with Crippen molar-refractivity contribution in [2.24, 2.45) is 5.16 Å². The molecule has 3 aromatic rings. The number of oxime groups is 1. The highest BCUT2D eigenvalue weighted by atomic mass is 16.6. The Morgan fingerprint density at radius 1 is 0.660 bits per heavy atom. The molecule has 0 aliphatic rings. The molecule has 0 radical (unpaired) electrons. The maximum atomic E-state index is 12.9. The maximum Gasteiger partial charge on any atom is 0.356 e. The summed E-state index contributed by atoms with van der Waals surface area (Å²) < 4.78 is 15.6. The number of amides is 1. The Kier molecular flexibility index (Phi) is 14.0. The first-order chi connectivity index (χ1) is 23.8. The van der Waals surface area contributed by atoms with Crippen LogP contribution < -0.4 is 5.32 Å². The molecule has 0 saturated carbocycles. The summed E-state index contributed by atoms with van der Waals surface area (Å²) in [6.45, 7) is -0.335. The average Bonchev–Trinajstić information content (AvgIpc) is 3.09. The predicted molar refractivity (Wildman–Crippen MR) is 169 cm³/mol. The minimum Gasteiger partial charge on any atom is -0.461 e. The zero-order valence-corrected chi connectivity index (χ0v) is 26.3. The van der Waals surface area contributed by atoms with Gasteiger partial charge < -0.3 is 24.4 Å². The molecule has 0 bridgehead atoms. The van der Waals surface area contributed by atoms with E-state index >= 15 is 0 Å². The molecule has 19 heteroatoms. The third kappa shape index (κ3) is 12.4. The number of nitro benzene ring substituents is 3. The lowest BCUT2D eigenvalue weighted by molar-refractivity contribution is -0.385. The topological polar surface area (TPSA) is 259 Å². The van der Waals surface area contributed by atoms with Crippen LogP contribution in [0.1, 0.15) is 36.5 Å². The van der Waals surface area contributed by atoms with Crippen LogP contribution in [0.25, 0.3) is 0 Å². The highest BCUT2D eigenvalue weighted by Gasteiger charge is 2.24. The van der Waals surface area contributed by atoms with E-state index in [0.29, 0.717) is 16.7 Å². The van der Waals surface area contributed by atoms with E-state index in [4.69, 9.17) is 19.0 Å². The number of esters is 3. The fourth-order valence-electron chi connectivity index (χ4n) is 3.87. The molecular weight excluding hydrogens is 666 g/mol. The monoisotopic (exact) mass is 695 g/mol. The van der Waals surface area contributed by atoms with E-state index in [-0.39, 0.29) is 43.3 Å². The third-order valence-electron chi connectivity index (χ3n) is 6.47. The molecule has 0 spiro atoms. The number of carbonyl (C=O) groups excluding carboxylic acids is 4. The molecule has 0 aliphatic carbocycles. The molecule has 0 unspecified atom stereocenters. The molecule has 19 nitrogen and oxygen atoms in total. The summed E-state index contributed by atoms with van der Waals surface area (Å²) in [7, 11) is 0. The van der Waals surface area contributed by atoms with Gasteiger partial charge >= 0.3 is 17.9 Å². The van der Waals surface area contributed by atoms with Gasteiger partial charge in [-0.2, -0.15) is 0 Å². The lowest BCUT2D eigenvalue weighted by Crippen LogP contribution is -2.43. The van der Waals surface area contributed by atoms with Crippen molar-refractivity contribution in [1.82, 2.24) is 5.32 Å². The lowest BCUT2D eigenvalue weighted by atomic mass is 10.2. The third-order valence-corrected chi connectivity index (χ3v) is 6.47. The van der Waals surface area contributed by atoms with Gasteiger partial charge in [0.15, 0.2) is 11.8 Å². The summed E-state index contributed by atoms with van der Waals surface area (Å²) in [6.07, 6.45) is -0.762. The number of hydrogen-bond acceptors (Lipinski definition) is 15. The summed E-state index contributed by atoms with van der Waals surface area (Å²) in [4.78, 5) is 85.8. The van der Waals surface area contributed by atoms with Gasteiger partial charge in [-0.25, -0.2) is 9.59 Å². The van der Waals surface area contributed by atoms with Crippen molar-refractivity contribution in [3.63, 3.8) is 0 Å².